The average Bonchev–Trinajstić information content (AvgIpc) is 2.64. The number of aliphatic hydroxyl groups is 2. The molecule has 1 aliphatic carbocycles. The topological polar surface area (TPSA) is 136 Å². The molecule has 0 aromatic rings. The largest absolute Gasteiger partial charge is 0.469 e. The number of phosphoric acid groups is 1. The van der Waals surface area contributed by atoms with Gasteiger partial charge in [-0.05, 0) is 18.4 Å². The van der Waals surface area contributed by atoms with E-state index in [0.29, 0.717) is 12.1 Å². The van der Waals surface area contributed by atoms with E-state index in [-0.39, 0.29) is 18.4 Å². The van der Waals surface area contributed by atoms with Crippen molar-refractivity contribution in [2.45, 2.75) is 18.6 Å². The second-order valence-electron chi connectivity index (χ2n) is 5.33. The number of carbonyl (C=O) groups excluding carboxylic acids is 1. The van der Waals surface area contributed by atoms with Crippen molar-refractivity contribution >= 4 is 13.7 Å². The van der Waals surface area contributed by atoms with Gasteiger partial charge in [0, 0.05) is 17.5 Å². The minimum Gasteiger partial charge on any atom is -0.390 e. The summed E-state index contributed by atoms with van der Waals surface area (Å²) >= 11 is 0. The van der Waals surface area contributed by atoms with Crippen molar-refractivity contribution in [1.29, 1.82) is 0 Å². The monoisotopic (exact) mass is 319 g/mol. The lowest BCUT2D eigenvalue weighted by Crippen LogP contribution is -2.37. The number of rotatable bonds is 4. The summed E-state index contributed by atoms with van der Waals surface area (Å²) in [6.45, 7) is 3.38. The second-order valence-corrected chi connectivity index (χ2v) is 6.57. The fourth-order valence-corrected chi connectivity index (χ4v) is 3.26. The van der Waals surface area contributed by atoms with Crippen LogP contribution in [0.3, 0.4) is 0 Å². The van der Waals surface area contributed by atoms with Crippen molar-refractivity contribution in [3.8, 4) is 0 Å². The molecule has 2 rings (SSSR count). The summed E-state index contributed by atoms with van der Waals surface area (Å²) in [5.41, 5.74) is 0.426. The summed E-state index contributed by atoms with van der Waals surface area (Å²) < 4.78 is 15.1. The fraction of sp³-hybridized carbons (Fsp3) is 0.583. The van der Waals surface area contributed by atoms with Gasteiger partial charge >= 0.3 is 7.82 Å². The number of hydrogen-bond donors (Lipinski definition) is 5. The second kappa shape index (κ2) is 6.00. The quantitative estimate of drug-likeness (QED) is 0.431. The number of carbonyl (C=O) groups is 1. The van der Waals surface area contributed by atoms with Crippen LogP contribution in [0.5, 0.6) is 0 Å². The van der Waals surface area contributed by atoms with Crippen molar-refractivity contribution in [3.63, 3.8) is 0 Å². The first-order valence-corrected chi connectivity index (χ1v) is 7.96. The van der Waals surface area contributed by atoms with E-state index < -0.39 is 31.9 Å². The highest BCUT2D eigenvalue weighted by atomic mass is 31.2. The molecule has 21 heavy (non-hydrogen) atoms. The Balaban J connectivity index is 2.06. The third-order valence-electron chi connectivity index (χ3n) is 3.91. The van der Waals surface area contributed by atoms with Gasteiger partial charge in [-0.15, -0.1) is 0 Å². The summed E-state index contributed by atoms with van der Waals surface area (Å²) in [6.07, 6.45) is 0.996. The van der Waals surface area contributed by atoms with Crippen LogP contribution in [-0.2, 0) is 13.9 Å². The minimum absolute atomic E-state index is 0.298. The molecule has 0 radical (unpaired) electrons. The van der Waals surface area contributed by atoms with Crippen LogP contribution in [0.15, 0.2) is 24.4 Å². The molecule has 0 saturated heterocycles. The lowest BCUT2D eigenvalue weighted by atomic mass is 9.84. The van der Waals surface area contributed by atoms with Crippen LogP contribution in [0.4, 0.5) is 0 Å². The number of aliphatic hydroxyl groups excluding tert-OH is 2. The molecule has 118 valence electrons. The third-order valence-corrected chi connectivity index (χ3v) is 4.39. The van der Waals surface area contributed by atoms with E-state index in [4.69, 9.17) is 9.79 Å². The van der Waals surface area contributed by atoms with Gasteiger partial charge in [0.2, 0.25) is 5.91 Å². The molecule has 5 atom stereocenters. The van der Waals surface area contributed by atoms with Gasteiger partial charge in [0.05, 0.1) is 18.8 Å². The molecule has 1 aliphatic heterocycles. The van der Waals surface area contributed by atoms with Crippen LogP contribution in [0.2, 0.25) is 0 Å². The Kier molecular flexibility index (Phi) is 4.67. The molecular weight excluding hydrogens is 301 g/mol. The lowest BCUT2D eigenvalue weighted by Gasteiger charge is -2.28. The Morgan fingerprint density at radius 1 is 1.38 bits per heavy atom. The van der Waals surface area contributed by atoms with Gasteiger partial charge in [0.15, 0.2) is 0 Å². The molecule has 5 N–H and O–H groups in total. The Labute approximate surface area is 121 Å². The highest BCUT2D eigenvalue weighted by Gasteiger charge is 2.46. The Morgan fingerprint density at radius 3 is 2.62 bits per heavy atom. The molecule has 1 fully saturated rings. The average molecular weight is 319 g/mol. The highest BCUT2D eigenvalue weighted by molar-refractivity contribution is 7.46. The molecule has 0 aromatic carbocycles. The molecule has 1 amide bonds. The predicted molar refractivity (Wildman–Crippen MR) is 71.5 cm³/mol. The molecule has 1 saturated carbocycles. The number of hydrogen-bond acceptors (Lipinski definition) is 5. The van der Waals surface area contributed by atoms with E-state index in [1.807, 2.05) is 0 Å². The van der Waals surface area contributed by atoms with Gasteiger partial charge in [0.1, 0.15) is 0 Å². The van der Waals surface area contributed by atoms with Gasteiger partial charge < -0.3 is 25.3 Å². The summed E-state index contributed by atoms with van der Waals surface area (Å²) in [5.74, 6) is -1.65. The molecule has 0 bridgehead atoms. The Bertz CT molecular complexity index is 514. The van der Waals surface area contributed by atoms with Crippen molar-refractivity contribution in [3.05, 3.63) is 24.4 Å². The van der Waals surface area contributed by atoms with Crippen molar-refractivity contribution in [1.82, 2.24) is 5.32 Å². The molecule has 2 aliphatic rings. The predicted octanol–water partition coefficient (Wildman–Crippen LogP) is -0.731. The van der Waals surface area contributed by atoms with Gasteiger partial charge in [-0.3, -0.25) is 9.32 Å². The first-order valence-electron chi connectivity index (χ1n) is 6.43. The maximum absolute atomic E-state index is 11.2. The normalized spacial score (nSPS) is 36.9. The van der Waals surface area contributed by atoms with Crippen LogP contribution >= 0.6 is 7.82 Å². The summed E-state index contributed by atoms with van der Waals surface area (Å²) in [4.78, 5) is 28.6. The molecule has 9 heteroatoms. The van der Waals surface area contributed by atoms with E-state index in [0.717, 1.165) is 0 Å². The number of allylic oxidation sites excluding steroid dienone is 1. The molecule has 1 heterocycles. The molecule has 8 nitrogen and oxygen atoms in total. The zero-order valence-corrected chi connectivity index (χ0v) is 12.0. The zero-order chi connectivity index (χ0) is 15.8. The van der Waals surface area contributed by atoms with Crippen LogP contribution in [0.25, 0.3) is 0 Å². The van der Waals surface area contributed by atoms with E-state index in [2.05, 4.69) is 16.4 Å². The van der Waals surface area contributed by atoms with Gasteiger partial charge in [-0.25, -0.2) is 4.57 Å². The van der Waals surface area contributed by atoms with Crippen molar-refractivity contribution < 1.29 is 33.9 Å². The van der Waals surface area contributed by atoms with E-state index >= 15 is 0 Å². The molecule has 2 unspecified atom stereocenters. The Hall–Kier alpha value is -1.02. The Morgan fingerprint density at radius 2 is 2.05 bits per heavy atom. The SMILES string of the molecule is C=C1NC(=O)C=CC1[C@@H]1C[C@H](COP(=O)(O)O)[C@@H](O)C1O. The summed E-state index contributed by atoms with van der Waals surface area (Å²) in [7, 11) is -4.62. The minimum atomic E-state index is -4.62. The standard InChI is InChI=1S/C12H18NO7P/c1-6-8(2-3-10(14)13-6)9-4-7(11(15)12(9)16)5-20-21(17,18)19/h2-3,7-9,11-12,15-16H,1,4-5H2,(H,13,14)(H2,17,18,19)/t7-,8?,9+,11-,12?/m1/s1. The van der Waals surface area contributed by atoms with Crippen molar-refractivity contribution in [2.75, 3.05) is 6.61 Å². The maximum Gasteiger partial charge on any atom is 0.469 e. The van der Waals surface area contributed by atoms with E-state index in [1.165, 1.54) is 6.08 Å². The van der Waals surface area contributed by atoms with Crippen LogP contribution in [0.1, 0.15) is 6.42 Å². The first kappa shape index (κ1) is 16.4. The van der Waals surface area contributed by atoms with E-state index in [9.17, 15) is 19.6 Å². The summed E-state index contributed by atoms with van der Waals surface area (Å²) in [5, 5.41) is 22.6. The summed E-state index contributed by atoms with van der Waals surface area (Å²) in [6, 6.07) is 0. The number of nitrogens with one attached hydrogen (secondary N) is 1. The van der Waals surface area contributed by atoms with Gasteiger partial charge in [-0.1, -0.05) is 12.7 Å². The number of phosphoric ester groups is 1. The lowest BCUT2D eigenvalue weighted by molar-refractivity contribution is -0.116. The number of amides is 1. The highest BCUT2D eigenvalue weighted by Crippen LogP contribution is 2.43. The molecular formula is C12H18NO7P. The third kappa shape index (κ3) is 3.79. The first-order chi connectivity index (χ1) is 9.69. The maximum atomic E-state index is 11.2. The van der Waals surface area contributed by atoms with Gasteiger partial charge in [0.25, 0.3) is 0 Å². The van der Waals surface area contributed by atoms with Crippen LogP contribution in [0, 0.1) is 17.8 Å². The van der Waals surface area contributed by atoms with Crippen LogP contribution < -0.4 is 5.32 Å². The van der Waals surface area contributed by atoms with Crippen molar-refractivity contribution in [2.24, 2.45) is 17.8 Å². The van der Waals surface area contributed by atoms with Gasteiger partial charge in [-0.2, -0.15) is 0 Å². The zero-order valence-electron chi connectivity index (χ0n) is 11.1. The molecule has 0 spiro atoms. The van der Waals surface area contributed by atoms with Crippen LogP contribution in [-0.4, -0.2) is 44.7 Å². The van der Waals surface area contributed by atoms with E-state index in [1.54, 1.807) is 6.08 Å². The smallest absolute Gasteiger partial charge is 0.390 e. The molecule has 0 aromatic heterocycles. The fourth-order valence-electron chi connectivity index (χ4n) is 2.87.